The third kappa shape index (κ3) is 4.13. The highest BCUT2D eigenvalue weighted by atomic mass is 35.5. The highest BCUT2D eigenvalue weighted by Gasteiger charge is 2.19. The highest BCUT2D eigenvalue weighted by molar-refractivity contribution is 6.36. The van der Waals surface area contributed by atoms with Crippen LogP contribution in [0.2, 0.25) is 10.0 Å². The van der Waals surface area contributed by atoms with E-state index in [1.807, 2.05) is 37.3 Å². The van der Waals surface area contributed by atoms with Crippen molar-refractivity contribution in [3.63, 3.8) is 0 Å². The van der Waals surface area contributed by atoms with Crippen LogP contribution in [-0.2, 0) is 4.79 Å². The van der Waals surface area contributed by atoms with Crippen molar-refractivity contribution < 1.29 is 19.0 Å². The summed E-state index contributed by atoms with van der Waals surface area (Å²) >= 11 is 12.2. The molecule has 0 aromatic heterocycles. The Morgan fingerprint density at radius 2 is 1.89 bits per heavy atom. The van der Waals surface area contributed by atoms with Crippen molar-refractivity contribution in [2.45, 2.75) is 20.0 Å². The summed E-state index contributed by atoms with van der Waals surface area (Å²) in [7, 11) is 0. The number of carboxylic acid groups (broad SMARTS) is 1. The fourth-order valence-electron chi connectivity index (χ4n) is 3.06. The number of aliphatic carboxylic acids is 1. The van der Waals surface area contributed by atoms with Crippen LogP contribution in [0, 0.1) is 12.7 Å². The van der Waals surface area contributed by atoms with Crippen LogP contribution in [0.25, 0.3) is 16.8 Å². The Morgan fingerprint density at radius 3 is 2.61 bits per heavy atom. The van der Waals surface area contributed by atoms with E-state index in [4.69, 9.17) is 33.0 Å². The van der Waals surface area contributed by atoms with E-state index in [0.29, 0.717) is 16.3 Å². The Labute approximate surface area is 172 Å². The van der Waals surface area contributed by atoms with Crippen molar-refractivity contribution >= 4 is 46.0 Å². The first-order valence-electron chi connectivity index (χ1n) is 8.52. The molecule has 0 amide bonds. The number of carbonyl (C=O) groups is 1. The number of halogens is 3. The maximum absolute atomic E-state index is 13.8. The fraction of sp³-hybridized carbons (Fsp3) is 0.136. The van der Waals surface area contributed by atoms with Gasteiger partial charge in [0.25, 0.3) is 0 Å². The van der Waals surface area contributed by atoms with E-state index in [1.165, 1.54) is 12.1 Å². The van der Waals surface area contributed by atoms with E-state index in [9.17, 15) is 9.18 Å². The average Bonchev–Trinajstić information content (AvgIpc) is 2.65. The lowest BCUT2D eigenvalue weighted by Crippen LogP contribution is -2.06. The maximum atomic E-state index is 13.8. The largest absolute Gasteiger partial charge is 0.486 e. The summed E-state index contributed by atoms with van der Waals surface area (Å²) in [5.41, 5.74) is 2.12. The van der Waals surface area contributed by atoms with Crippen LogP contribution in [0.1, 0.15) is 29.7 Å². The summed E-state index contributed by atoms with van der Waals surface area (Å²) < 4.78 is 19.8. The fourth-order valence-corrected chi connectivity index (χ4v) is 3.74. The molecule has 0 heterocycles. The summed E-state index contributed by atoms with van der Waals surface area (Å²) in [6, 6.07) is 12.0. The SMILES string of the molecule is Cc1c(/C=C/C(=O)O)ccc2ccc(O[C@@H](C)c3c(Cl)ccc(F)c3Cl)cc12. The molecular weight excluding hydrogens is 402 g/mol. The highest BCUT2D eigenvalue weighted by Crippen LogP contribution is 2.36. The molecule has 0 saturated carbocycles. The number of rotatable bonds is 5. The van der Waals surface area contributed by atoms with Gasteiger partial charge in [0.15, 0.2) is 0 Å². The van der Waals surface area contributed by atoms with Gasteiger partial charge in [0.05, 0.1) is 5.02 Å². The van der Waals surface area contributed by atoms with Crippen molar-refractivity contribution in [2.24, 2.45) is 0 Å². The van der Waals surface area contributed by atoms with Crippen LogP contribution in [0.15, 0.2) is 48.5 Å². The van der Waals surface area contributed by atoms with Gasteiger partial charge >= 0.3 is 5.97 Å². The molecule has 0 aliphatic rings. The molecule has 28 heavy (non-hydrogen) atoms. The van der Waals surface area contributed by atoms with Gasteiger partial charge in [-0.25, -0.2) is 9.18 Å². The Morgan fingerprint density at radius 1 is 1.18 bits per heavy atom. The minimum Gasteiger partial charge on any atom is -0.486 e. The molecule has 0 aliphatic carbocycles. The molecule has 3 rings (SSSR count). The number of benzene rings is 3. The third-order valence-electron chi connectivity index (χ3n) is 4.51. The van der Waals surface area contributed by atoms with Crippen LogP contribution < -0.4 is 4.74 Å². The number of fused-ring (bicyclic) bond motifs is 1. The Kier molecular flexibility index (Phi) is 5.92. The lowest BCUT2D eigenvalue weighted by molar-refractivity contribution is -0.131. The minimum absolute atomic E-state index is 0.0573. The zero-order valence-corrected chi connectivity index (χ0v) is 16.7. The molecule has 144 valence electrons. The smallest absolute Gasteiger partial charge is 0.328 e. The van der Waals surface area contributed by atoms with E-state index in [-0.39, 0.29) is 5.02 Å². The topological polar surface area (TPSA) is 46.5 Å². The predicted molar refractivity (Wildman–Crippen MR) is 111 cm³/mol. The van der Waals surface area contributed by atoms with E-state index in [1.54, 1.807) is 13.0 Å². The molecule has 1 atom stereocenters. The second kappa shape index (κ2) is 8.21. The number of carboxylic acids is 1. The predicted octanol–water partition coefficient (Wildman–Crippen LogP) is 6.83. The van der Waals surface area contributed by atoms with Crippen molar-refractivity contribution in [2.75, 3.05) is 0 Å². The van der Waals surface area contributed by atoms with Crippen molar-refractivity contribution in [1.29, 1.82) is 0 Å². The van der Waals surface area contributed by atoms with Crippen LogP contribution in [0.5, 0.6) is 5.75 Å². The van der Waals surface area contributed by atoms with E-state index in [0.717, 1.165) is 28.0 Å². The summed E-state index contributed by atoms with van der Waals surface area (Å²) in [5.74, 6) is -0.992. The monoisotopic (exact) mass is 418 g/mol. The normalized spacial score (nSPS) is 12.5. The minimum atomic E-state index is -1.01. The van der Waals surface area contributed by atoms with Crippen LogP contribution >= 0.6 is 23.2 Å². The molecule has 1 N–H and O–H groups in total. The van der Waals surface area contributed by atoms with Crippen LogP contribution in [0.4, 0.5) is 4.39 Å². The summed E-state index contributed by atoms with van der Waals surface area (Å²) in [6.45, 7) is 3.66. The first-order chi connectivity index (χ1) is 13.3. The Bertz CT molecular complexity index is 1090. The molecule has 0 unspecified atom stereocenters. The van der Waals surface area contributed by atoms with Gasteiger partial charge in [-0.1, -0.05) is 41.4 Å². The molecule has 3 aromatic rings. The van der Waals surface area contributed by atoms with Gasteiger partial charge in [0.1, 0.15) is 17.7 Å². The molecule has 3 nitrogen and oxygen atoms in total. The van der Waals surface area contributed by atoms with Gasteiger partial charge in [-0.3, -0.25) is 0 Å². The molecule has 3 aromatic carbocycles. The summed E-state index contributed by atoms with van der Waals surface area (Å²) in [5, 5.41) is 11.0. The van der Waals surface area contributed by atoms with E-state index < -0.39 is 17.9 Å². The first-order valence-corrected chi connectivity index (χ1v) is 9.28. The number of hydrogen-bond acceptors (Lipinski definition) is 2. The van der Waals surface area contributed by atoms with Crippen LogP contribution in [0.3, 0.4) is 0 Å². The number of hydrogen-bond donors (Lipinski definition) is 1. The summed E-state index contributed by atoms with van der Waals surface area (Å²) in [6.07, 6.45) is 2.09. The lowest BCUT2D eigenvalue weighted by Gasteiger charge is -2.19. The first kappa shape index (κ1) is 20.2. The Hall–Kier alpha value is -2.56. The second-order valence-electron chi connectivity index (χ2n) is 6.35. The lowest BCUT2D eigenvalue weighted by atomic mass is 9.99. The summed E-state index contributed by atoms with van der Waals surface area (Å²) in [4.78, 5) is 10.8. The van der Waals surface area contributed by atoms with E-state index in [2.05, 4.69) is 0 Å². The zero-order chi connectivity index (χ0) is 20.4. The van der Waals surface area contributed by atoms with Crippen molar-refractivity contribution in [3.05, 3.63) is 81.1 Å². The molecule has 0 bridgehead atoms. The maximum Gasteiger partial charge on any atom is 0.328 e. The third-order valence-corrected chi connectivity index (χ3v) is 5.22. The molecule has 0 spiro atoms. The van der Waals surface area contributed by atoms with E-state index >= 15 is 0 Å². The van der Waals surface area contributed by atoms with Gasteiger partial charge in [0.2, 0.25) is 0 Å². The van der Waals surface area contributed by atoms with Gasteiger partial charge in [-0.2, -0.15) is 0 Å². The number of aryl methyl sites for hydroxylation is 1. The van der Waals surface area contributed by atoms with Gasteiger partial charge in [-0.15, -0.1) is 0 Å². The number of ether oxygens (including phenoxy) is 1. The molecule has 0 radical (unpaired) electrons. The van der Waals surface area contributed by atoms with Crippen molar-refractivity contribution in [3.8, 4) is 5.75 Å². The second-order valence-corrected chi connectivity index (χ2v) is 7.14. The molecule has 0 aliphatic heterocycles. The molecule has 0 fully saturated rings. The molecule has 6 heteroatoms. The van der Waals surface area contributed by atoms with Gasteiger partial charge in [0, 0.05) is 16.7 Å². The average molecular weight is 419 g/mol. The van der Waals surface area contributed by atoms with Gasteiger partial charge in [-0.05, 0) is 66.1 Å². The quantitative estimate of drug-likeness (QED) is 0.364. The Balaban J connectivity index is 1.97. The van der Waals surface area contributed by atoms with Crippen LogP contribution in [-0.4, -0.2) is 11.1 Å². The molecule has 0 saturated heterocycles. The van der Waals surface area contributed by atoms with Gasteiger partial charge < -0.3 is 9.84 Å². The zero-order valence-electron chi connectivity index (χ0n) is 15.2. The molecular formula is C22H17Cl2FO3. The van der Waals surface area contributed by atoms with Crippen molar-refractivity contribution in [1.82, 2.24) is 0 Å². The standard InChI is InChI=1S/C22H17Cl2FO3/c1-12-14(6-10-20(26)27)3-4-15-5-7-16(11-17(12)15)28-13(2)21-18(23)8-9-19(25)22(21)24/h3-11,13H,1-2H3,(H,26,27)/b10-6+/t13-/m0/s1.